The van der Waals surface area contributed by atoms with Crippen LogP contribution in [-0.2, 0) is 14.4 Å². The number of aliphatic hydroxyl groups is 2. The number of aliphatic hydroxyl groups excluding tert-OH is 2. The highest BCUT2D eigenvalue weighted by atomic mass is 32.1. The minimum Gasteiger partial charge on any atom is -0.394 e. The van der Waals surface area contributed by atoms with Crippen molar-refractivity contribution in [3.05, 3.63) is 0 Å². The molecular weight excluding hydrogens is 356 g/mol. The average Bonchev–Trinajstić information content (AvgIpc) is 3.06. The zero-order valence-corrected chi connectivity index (χ0v) is 15.3. The third-order valence-corrected chi connectivity index (χ3v) is 4.57. The highest BCUT2D eigenvalue weighted by Crippen LogP contribution is 2.39. The number of nitrogens with zero attached hydrogens (tertiary/aromatic N) is 2. The molecule has 2 saturated heterocycles. The van der Waals surface area contributed by atoms with Gasteiger partial charge in [0, 0.05) is 13.1 Å². The lowest BCUT2D eigenvalue weighted by atomic mass is 9.93. The Bertz CT molecular complexity index is 495. The largest absolute Gasteiger partial charge is 0.394 e. The van der Waals surface area contributed by atoms with Crippen LogP contribution in [0.4, 0.5) is 0 Å². The summed E-state index contributed by atoms with van der Waals surface area (Å²) in [6.45, 7) is -0.428. The summed E-state index contributed by atoms with van der Waals surface area (Å²) < 4.78 is 0. The van der Waals surface area contributed by atoms with E-state index in [4.69, 9.17) is 16.6 Å². The maximum Gasteiger partial charge on any atom is 0.249 e. The Morgan fingerprint density at radius 1 is 1.17 bits per heavy atom. The SMILES string of the molecule is NC(=O)[C@H](CO)N1CCC2(CCCN2C(=O)[C@@H](N)CO)C1=O.S.S. The normalized spacial score (nSPS) is 25.2. The van der Waals surface area contributed by atoms with Gasteiger partial charge in [-0.2, -0.15) is 27.0 Å². The van der Waals surface area contributed by atoms with E-state index in [0.29, 0.717) is 25.8 Å². The van der Waals surface area contributed by atoms with E-state index in [1.54, 1.807) is 0 Å². The first kappa shape index (κ1) is 23.0. The van der Waals surface area contributed by atoms with Gasteiger partial charge >= 0.3 is 0 Å². The summed E-state index contributed by atoms with van der Waals surface area (Å²) in [7, 11) is 0. The molecule has 9 nitrogen and oxygen atoms in total. The van der Waals surface area contributed by atoms with Crippen molar-refractivity contribution in [3.8, 4) is 0 Å². The lowest BCUT2D eigenvalue weighted by molar-refractivity contribution is -0.150. The van der Waals surface area contributed by atoms with E-state index in [0.717, 1.165) is 0 Å². The number of nitrogens with two attached hydrogens (primary N) is 2. The monoisotopic (exact) mass is 382 g/mol. The molecule has 6 N–H and O–H groups in total. The van der Waals surface area contributed by atoms with Crippen molar-refractivity contribution in [1.29, 1.82) is 0 Å². The molecule has 2 fully saturated rings. The fraction of sp³-hybridized carbons (Fsp3) is 0.769. The Morgan fingerprint density at radius 2 is 1.79 bits per heavy atom. The molecule has 3 amide bonds. The van der Waals surface area contributed by atoms with Crippen molar-refractivity contribution in [3.63, 3.8) is 0 Å². The van der Waals surface area contributed by atoms with Gasteiger partial charge in [0.25, 0.3) is 0 Å². The number of hydrogen-bond acceptors (Lipinski definition) is 6. The van der Waals surface area contributed by atoms with Gasteiger partial charge in [-0.3, -0.25) is 14.4 Å². The first-order chi connectivity index (χ1) is 10.4. The molecule has 3 atom stereocenters. The van der Waals surface area contributed by atoms with Gasteiger partial charge in [-0.05, 0) is 19.3 Å². The molecule has 0 aromatic rings. The molecule has 0 radical (unpaired) electrons. The molecule has 2 rings (SSSR count). The molecule has 1 unspecified atom stereocenters. The summed E-state index contributed by atoms with van der Waals surface area (Å²) >= 11 is 0. The number of rotatable bonds is 5. The predicted octanol–water partition coefficient (Wildman–Crippen LogP) is -3.03. The van der Waals surface area contributed by atoms with Crippen LogP contribution in [-0.4, -0.2) is 81.7 Å². The van der Waals surface area contributed by atoms with E-state index in [1.807, 2.05) is 0 Å². The molecule has 0 aromatic carbocycles. The smallest absolute Gasteiger partial charge is 0.249 e. The van der Waals surface area contributed by atoms with Crippen molar-refractivity contribution in [2.24, 2.45) is 11.5 Å². The van der Waals surface area contributed by atoms with Crippen LogP contribution in [0, 0.1) is 0 Å². The average molecular weight is 383 g/mol. The summed E-state index contributed by atoms with van der Waals surface area (Å²) in [5, 5.41) is 18.3. The molecule has 0 saturated carbocycles. The number of carbonyl (C=O) groups is 3. The first-order valence-corrected chi connectivity index (χ1v) is 7.28. The van der Waals surface area contributed by atoms with Crippen LogP contribution in [0.1, 0.15) is 19.3 Å². The van der Waals surface area contributed by atoms with Crippen molar-refractivity contribution in [2.75, 3.05) is 26.3 Å². The molecule has 2 aliphatic heterocycles. The summed E-state index contributed by atoms with van der Waals surface area (Å²) in [6.07, 6.45) is 1.48. The summed E-state index contributed by atoms with van der Waals surface area (Å²) in [6, 6.07) is -2.16. The molecule has 140 valence electrons. The van der Waals surface area contributed by atoms with E-state index in [-0.39, 0.29) is 39.4 Å². The molecule has 11 heteroatoms. The van der Waals surface area contributed by atoms with Gasteiger partial charge in [0.1, 0.15) is 17.6 Å². The van der Waals surface area contributed by atoms with Crippen molar-refractivity contribution < 1.29 is 24.6 Å². The number of likely N-dealkylation sites (tertiary alicyclic amines) is 2. The van der Waals surface area contributed by atoms with Crippen LogP contribution >= 0.6 is 27.0 Å². The Morgan fingerprint density at radius 3 is 2.29 bits per heavy atom. The molecular formula is C13H26N4O5S2. The van der Waals surface area contributed by atoms with Crippen LogP contribution < -0.4 is 11.5 Å². The Hall–Kier alpha value is -1.01. The van der Waals surface area contributed by atoms with E-state index < -0.39 is 42.7 Å². The lowest BCUT2D eigenvalue weighted by Crippen LogP contribution is -2.59. The van der Waals surface area contributed by atoms with Gasteiger partial charge in [0.2, 0.25) is 17.7 Å². The fourth-order valence-electron chi connectivity index (χ4n) is 3.38. The van der Waals surface area contributed by atoms with Crippen molar-refractivity contribution >= 4 is 44.7 Å². The Balaban J connectivity index is 0.00000264. The van der Waals surface area contributed by atoms with Crippen LogP contribution in [0.25, 0.3) is 0 Å². The van der Waals surface area contributed by atoms with Gasteiger partial charge in [-0.1, -0.05) is 0 Å². The Kier molecular flexibility index (Phi) is 8.53. The molecule has 2 aliphatic rings. The van der Waals surface area contributed by atoms with Gasteiger partial charge in [-0.15, -0.1) is 0 Å². The number of primary amides is 1. The summed E-state index contributed by atoms with van der Waals surface area (Å²) in [5.74, 6) is -1.65. The molecule has 0 aromatic heterocycles. The third kappa shape index (κ3) is 3.64. The zero-order valence-electron chi connectivity index (χ0n) is 13.3. The third-order valence-electron chi connectivity index (χ3n) is 4.57. The minimum absolute atomic E-state index is 0. The van der Waals surface area contributed by atoms with Gasteiger partial charge in [0.15, 0.2) is 0 Å². The molecule has 0 bridgehead atoms. The second kappa shape index (κ2) is 8.90. The number of carbonyl (C=O) groups excluding carboxylic acids is 3. The van der Waals surface area contributed by atoms with Crippen LogP contribution in [0.2, 0.25) is 0 Å². The topological polar surface area (TPSA) is 150 Å². The predicted molar refractivity (Wildman–Crippen MR) is 95.9 cm³/mol. The van der Waals surface area contributed by atoms with Gasteiger partial charge in [0.05, 0.1) is 13.2 Å². The summed E-state index contributed by atoms with van der Waals surface area (Å²) in [4.78, 5) is 39.1. The van der Waals surface area contributed by atoms with Crippen LogP contribution in [0.3, 0.4) is 0 Å². The van der Waals surface area contributed by atoms with Gasteiger partial charge < -0.3 is 31.5 Å². The highest BCUT2D eigenvalue weighted by Gasteiger charge is 2.56. The maximum absolute atomic E-state index is 12.8. The van der Waals surface area contributed by atoms with E-state index in [2.05, 4.69) is 0 Å². The van der Waals surface area contributed by atoms with Gasteiger partial charge in [-0.25, -0.2) is 0 Å². The van der Waals surface area contributed by atoms with Crippen LogP contribution in [0.15, 0.2) is 0 Å². The quantitative estimate of drug-likeness (QED) is 0.397. The van der Waals surface area contributed by atoms with E-state index >= 15 is 0 Å². The van der Waals surface area contributed by atoms with Crippen molar-refractivity contribution in [2.45, 2.75) is 36.9 Å². The standard InChI is InChI=1S/C13H22N4O5.2H2S/c14-8(6-18)11(21)17-4-1-2-13(17)3-5-16(12(13)22)9(7-19)10(15)20;;/h8-9,18-19H,1-7,14H2,(H2,15,20);2*1H2/t8-,9-,13?;;/m0../s1. The highest BCUT2D eigenvalue weighted by molar-refractivity contribution is 7.59. The number of hydrogen-bond donors (Lipinski definition) is 4. The first-order valence-electron chi connectivity index (χ1n) is 7.28. The van der Waals surface area contributed by atoms with Crippen LogP contribution in [0.5, 0.6) is 0 Å². The van der Waals surface area contributed by atoms with E-state index in [1.165, 1.54) is 9.80 Å². The number of amides is 3. The maximum atomic E-state index is 12.8. The Labute approximate surface area is 154 Å². The molecule has 2 heterocycles. The second-order valence-corrected chi connectivity index (χ2v) is 5.76. The molecule has 24 heavy (non-hydrogen) atoms. The van der Waals surface area contributed by atoms with Crippen molar-refractivity contribution in [1.82, 2.24) is 9.80 Å². The fourth-order valence-corrected chi connectivity index (χ4v) is 3.38. The minimum atomic E-state index is -1.09. The molecule has 1 spiro atoms. The second-order valence-electron chi connectivity index (χ2n) is 5.76. The zero-order chi connectivity index (χ0) is 16.5. The lowest BCUT2D eigenvalue weighted by Gasteiger charge is -2.35. The van der Waals surface area contributed by atoms with E-state index in [9.17, 15) is 19.5 Å². The summed E-state index contributed by atoms with van der Waals surface area (Å²) in [5.41, 5.74) is 9.76. The molecule has 0 aliphatic carbocycles.